The lowest BCUT2D eigenvalue weighted by atomic mass is 9.97. The molecule has 130 valence electrons. The summed E-state index contributed by atoms with van der Waals surface area (Å²) in [7, 11) is 0. The van der Waals surface area contributed by atoms with E-state index in [4.69, 9.17) is 9.78 Å². The van der Waals surface area contributed by atoms with E-state index >= 15 is 0 Å². The summed E-state index contributed by atoms with van der Waals surface area (Å²) in [5, 5.41) is 0. The maximum Gasteiger partial charge on any atom is 0.138 e. The molecule has 0 aliphatic heterocycles. The Morgan fingerprint density at radius 1 is 0.773 bits per heavy atom. The van der Waals surface area contributed by atoms with Gasteiger partial charge in [0, 0.05) is 23.5 Å². The average molecular weight is 312 g/mol. The Kier molecular flexibility index (Phi) is 8.48. The van der Waals surface area contributed by atoms with Gasteiger partial charge < -0.3 is 0 Å². The molecule has 0 aromatic heterocycles. The first-order chi connectivity index (χ1) is 10.0. The van der Waals surface area contributed by atoms with Crippen molar-refractivity contribution in [1.82, 2.24) is 0 Å². The van der Waals surface area contributed by atoms with Crippen molar-refractivity contribution in [2.75, 3.05) is 0 Å². The molecule has 4 nitrogen and oxygen atoms in total. The first-order valence-electron chi connectivity index (χ1n) is 8.47. The van der Waals surface area contributed by atoms with Crippen LogP contribution < -0.4 is 0 Å². The van der Waals surface area contributed by atoms with Crippen molar-refractivity contribution < 1.29 is 9.78 Å². The minimum atomic E-state index is -0.515. The van der Waals surface area contributed by atoms with Crippen LogP contribution in [0.15, 0.2) is 9.98 Å². The van der Waals surface area contributed by atoms with E-state index in [2.05, 4.69) is 51.5 Å². The Morgan fingerprint density at radius 2 is 1.05 bits per heavy atom. The normalized spacial score (nSPS) is 19.5. The van der Waals surface area contributed by atoms with Crippen LogP contribution in [-0.4, -0.2) is 34.7 Å². The highest BCUT2D eigenvalue weighted by atomic mass is 17.2. The fourth-order valence-corrected chi connectivity index (χ4v) is 1.98. The summed E-state index contributed by atoms with van der Waals surface area (Å²) in [5.41, 5.74) is 0.890. The first kappa shape index (κ1) is 21.3. The highest BCUT2D eigenvalue weighted by Gasteiger charge is 2.35. The molecule has 0 aromatic carbocycles. The average Bonchev–Trinajstić information content (AvgIpc) is 2.42. The van der Waals surface area contributed by atoms with Gasteiger partial charge in [-0.15, -0.1) is 0 Å². The highest BCUT2D eigenvalue weighted by Crippen LogP contribution is 2.26. The summed E-state index contributed by atoms with van der Waals surface area (Å²) in [5.74, 6) is 0. The summed E-state index contributed by atoms with van der Waals surface area (Å²) >= 11 is 0. The molecule has 4 heteroatoms. The summed E-state index contributed by atoms with van der Waals surface area (Å²) in [6.45, 7) is 20.5. The monoisotopic (exact) mass is 312 g/mol. The topological polar surface area (TPSA) is 43.2 Å². The molecular weight excluding hydrogens is 276 g/mol. The van der Waals surface area contributed by atoms with Crippen LogP contribution in [-0.2, 0) is 9.78 Å². The summed E-state index contributed by atoms with van der Waals surface area (Å²) in [4.78, 5) is 21.0. The second-order valence-corrected chi connectivity index (χ2v) is 6.95. The van der Waals surface area contributed by atoms with Crippen LogP contribution in [0.25, 0.3) is 0 Å². The molecule has 0 aliphatic rings. The molecule has 0 saturated heterocycles. The van der Waals surface area contributed by atoms with E-state index < -0.39 is 11.2 Å². The van der Waals surface area contributed by atoms with Gasteiger partial charge in [0.15, 0.2) is 0 Å². The molecule has 0 saturated carbocycles. The Bertz CT molecular complexity index is 364. The van der Waals surface area contributed by atoms with E-state index in [0.717, 1.165) is 24.3 Å². The zero-order valence-electron chi connectivity index (χ0n) is 16.3. The van der Waals surface area contributed by atoms with Crippen molar-refractivity contribution in [3.05, 3.63) is 0 Å². The fourth-order valence-electron chi connectivity index (χ4n) is 1.98. The number of nitrogens with zero attached hydrogens (tertiary/aromatic N) is 2. The van der Waals surface area contributed by atoms with E-state index in [0.29, 0.717) is 0 Å². The van der Waals surface area contributed by atoms with Gasteiger partial charge in [0.2, 0.25) is 0 Å². The Labute approximate surface area is 137 Å². The number of aliphatic imine (C=N–C) groups is 2. The zero-order chi connectivity index (χ0) is 17.6. The maximum absolute atomic E-state index is 5.89. The largest absolute Gasteiger partial charge is 0.289 e. The number of hydrogen-bond acceptors (Lipinski definition) is 4. The van der Waals surface area contributed by atoms with Crippen LogP contribution in [0.3, 0.4) is 0 Å². The van der Waals surface area contributed by atoms with E-state index in [-0.39, 0.29) is 12.1 Å². The van der Waals surface area contributed by atoms with Gasteiger partial charge in [-0.05, 0) is 68.2 Å². The molecule has 0 radical (unpaired) electrons. The first-order valence-corrected chi connectivity index (χ1v) is 8.47. The van der Waals surface area contributed by atoms with Gasteiger partial charge in [0.1, 0.15) is 11.2 Å². The SMILES string of the molecule is CCC(C)(OOC(C)(CC)C(C)=NC(C)C)C(C)=NC(C)C. The zero-order valence-corrected chi connectivity index (χ0v) is 16.3. The third kappa shape index (κ3) is 6.17. The minimum absolute atomic E-state index is 0.247. The number of hydrogen-bond donors (Lipinski definition) is 0. The van der Waals surface area contributed by atoms with Crippen LogP contribution in [0.2, 0.25) is 0 Å². The third-order valence-electron chi connectivity index (χ3n) is 4.19. The van der Waals surface area contributed by atoms with Gasteiger partial charge in [-0.2, -0.15) is 0 Å². The van der Waals surface area contributed by atoms with E-state index in [1.54, 1.807) is 0 Å². The molecule has 0 aromatic rings. The fraction of sp³-hybridized carbons (Fsp3) is 0.889. The second kappa shape index (κ2) is 8.78. The van der Waals surface area contributed by atoms with E-state index in [1.807, 2.05) is 27.7 Å². The predicted molar refractivity (Wildman–Crippen MR) is 96.1 cm³/mol. The minimum Gasteiger partial charge on any atom is -0.289 e. The lowest BCUT2D eigenvalue weighted by molar-refractivity contribution is -0.377. The molecular formula is C18H36N2O2. The molecule has 0 aliphatic carbocycles. The highest BCUT2D eigenvalue weighted by molar-refractivity contribution is 5.91. The smallest absolute Gasteiger partial charge is 0.138 e. The van der Waals surface area contributed by atoms with Crippen LogP contribution >= 0.6 is 0 Å². The van der Waals surface area contributed by atoms with Gasteiger partial charge in [-0.1, -0.05) is 13.8 Å². The van der Waals surface area contributed by atoms with E-state index in [9.17, 15) is 0 Å². The molecule has 0 amide bonds. The van der Waals surface area contributed by atoms with Gasteiger partial charge in [0.25, 0.3) is 0 Å². The molecule has 0 spiro atoms. The Balaban J connectivity index is 5.20. The van der Waals surface area contributed by atoms with Gasteiger partial charge in [-0.25, -0.2) is 9.78 Å². The van der Waals surface area contributed by atoms with Gasteiger partial charge in [-0.3, -0.25) is 9.98 Å². The standard InChI is InChI=1S/C18H36N2O2/c1-11-17(9,15(7)19-13(3)4)21-22-18(10,12-2)16(8)20-14(5)6/h13-14H,11-12H2,1-10H3. The second-order valence-electron chi connectivity index (χ2n) is 6.95. The lowest BCUT2D eigenvalue weighted by Gasteiger charge is -2.34. The quantitative estimate of drug-likeness (QED) is 0.341. The van der Waals surface area contributed by atoms with Crippen molar-refractivity contribution in [2.24, 2.45) is 9.98 Å². The maximum atomic E-state index is 5.89. The third-order valence-corrected chi connectivity index (χ3v) is 4.19. The lowest BCUT2D eigenvalue weighted by Crippen LogP contribution is -2.44. The van der Waals surface area contributed by atoms with Crippen molar-refractivity contribution >= 4 is 11.4 Å². The van der Waals surface area contributed by atoms with Crippen LogP contribution in [0.1, 0.15) is 82.1 Å². The van der Waals surface area contributed by atoms with Gasteiger partial charge in [0.05, 0.1) is 0 Å². The van der Waals surface area contributed by atoms with Crippen molar-refractivity contribution in [3.8, 4) is 0 Å². The van der Waals surface area contributed by atoms with Crippen LogP contribution in [0, 0.1) is 0 Å². The van der Waals surface area contributed by atoms with Gasteiger partial charge >= 0.3 is 0 Å². The van der Waals surface area contributed by atoms with Crippen molar-refractivity contribution in [2.45, 2.75) is 105 Å². The molecule has 0 fully saturated rings. The molecule has 22 heavy (non-hydrogen) atoms. The molecule has 0 heterocycles. The van der Waals surface area contributed by atoms with Crippen LogP contribution in [0.4, 0.5) is 0 Å². The molecule has 0 rings (SSSR count). The summed E-state index contributed by atoms with van der Waals surface area (Å²) in [6.07, 6.45) is 1.60. The van der Waals surface area contributed by atoms with Crippen molar-refractivity contribution in [3.63, 3.8) is 0 Å². The van der Waals surface area contributed by atoms with Crippen LogP contribution in [0.5, 0.6) is 0 Å². The number of rotatable bonds is 9. The Morgan fingerprint density at radius 3 is 1.23 bits per heavy atom. The predicted octanol–water partition coefficient (Wildman–Crippen LogP) is 5.01. The summed E-state index contributed by atoms with van der Waals surface area (Å²) < 4.78 is 0. The summed E-state index contributed by atoms with van der Waals surface area (Å²) in [6, 6.07) is 0.493. The molecule has 2 atom stereocenters. The molecule has 2 unspecified atom stereocenters. The molecule has 0 bridgehead atoms. The van der Waals surface area contributed by atoms with Crippen molar-refractivity contribution in [1.29, 1.82) is 0 Å². The van der Waals surface area contributed by atoms with E-state index in [1.165, 1.54) is 0 Å². The Hall–Kier alpha value is -0.740. The molecule has 0 N–H and O–H groups in total.